The largest absolute Gasteiger partial charge is 0.350 e. The lowest BCUT2D eigenvalue weighted by Crippen LogP contribution is -2.28. The van der Waals surface area contributed by atoms with Crippen molar-refractivity contribution >= 4 is 17.5 Å². The maximum atomic E-state index is 5.79. The monoisotopic (exact) mass is 199 g/mol. The van der Waals surface area contributed by atoms with Crippen molar-refractivity contribution in [3.05, 3.63) is 18.5 Å². The molecule has 0 amide bonds. The second-order valence-corrected chi connectivity index (χ2v) is 3.53. The predicted molar refractivity (Wildman–Crippen MR) is 55.0 cm³/mol. The van der Waals surface area contributed by atoms with E-state index in [9.17, 15) is 0 Å². The van der Waals surface area contributed by atoms with Gasteiger partial charge in [0.25, 0.3) is 0 Å². The van der Waals surface area contributed by atoms with Crippen LogP contribution in [0.2, 0.25) is 0 Å². The number of halogens is 1. The number of rotatable bonds is 4. The quantitative estimate of drug-likeness (QED) is 0.756. The third kappa shape index (κ3) is 3.19. The molecular formula is C9H14ClN3. The van der Waals surface area contributed by atoms with Crippen molar-refractivity contribution in [2.45, 2.75) is 19.9 Å². The SMILES string of the molecule is CC(C)C(CCl)Nc1ncccn1. The summed E-state index contributed by atoms with van der Waals surface area (Å²) in [5, 5.41) is 3.17. The van der Waals surface area contributed by atoms with Gasteiger partial charge in [0.15, 0.2) is 0 Å². The van der Waals surface area contributed by atoms with Gasteiger partial charge < -0.3 is 5.32 Å². The zero-order valence-corrected chi connectivity index (χ0v) is 8.62. The highest BCUT2D eigenvalue weighted by atomic mass is 35.5. The number of anilines is 1. The van der Waals surface area contributed by atoms with Gasteiger partial charge in [0, 0.05) is 24.3 Å². The summed E-state index contributed by atoms with van der Waals surface area (Å²) in [6, 6.07) is 2.01. The predicted octanol–water partition coefficient (Wildman–Crippen LogP) is 2.15. The van der Waals surface area contributed by atoms with Gasteiger partial charge in [-0.2, -0.15) is 0 Å². The highest BCUT2D eigenvalue weighted by Gasteiger charge is 2.12. The van der Waals surface area contributed by atoms with E-state index in [1.54, 1.807) is 18.5 Å². The summed E-state index contributed by atoms with van der Waals surface area (Å²) < 4.78 is 0. The van der Waals surface area contributed by atoms with Gasteiger partial charge in [0.05, 0.1) is 0 Å². The third-order valence-corrected chi connectivity index (χ3v) is 2.18. The molecule has 0 bridgehead atoms. The van der Waals surface area contributed by atoms with Crippen LogP contribution in [0.4, 0.5) is 5.95 Å². The second kappa shape index (κ2) is 5.02. The normalized spacial score (nSPS) is 12.9. The number of nitrogens with one attached hydrogen (secondary N) is 1. The summed E-state index contributed by atoms with van der Waals surface area (Å²) in [4.78, 5) is 8.14. The zero-order chi connectivity index (χ0) is 9.68. The van der Waals surface area contributed by atoms with E-state index in [1.165, 1.54) is 0 Å². The average Bonchev–Trinajstić information content (AvgIpc) is 2.15. The first-order chi connectivity index (χ1) is 6.24. The maximum absolute atomic E-state index is 5.79. The van der Waals surface area contributed by atoms with Crippen LogP contribution in [0.3, 0.4) is 0 Å². The molecule has 13 heavy (non-hydrogen) atoms. The van der Waals surface area contributed by atoms with Crippen LogP contribution in [0.15, 0.2) is 18.5 Å². The Morgan fingerprint density at radius 3 is 2.46 bits per heavy atom. The molecule has 72 valence electrons. The summed E-state index contributed by atoms with van der Waals surface area (Å²) in [7, 11) is 0. The van der Waals surface area contributed by atoms with Gasteiger partial charge in [-0.15, -0.1) is 11.6 Å². The fourth-order valence-electron chi connectivity index (χ4n) is 0.923. The van der Waals surface area contributed by atoms with E-state index in [0.29, 0.717) is 17.7 Å². The molecule has 1 atom stereocenters. The molecule has 1 rings (SSSR count). The standard InChI is InChI=1S/C9H14ClN3/c1-7(2)8(6-10)13-9-11-4-3-5-12-9/h3-5,7-8H,6H2,1-2H3,(H,11,12,13). The van der Waals surface area contributed by atoms with Crippen molar-refractivity contribution in [1.82, 2.24) is 9.97 Å². The number of hydrogen-bond acceptors (Lipinski definition) is 3. The van der Waals surface area contributed by atoms with Gasteiger partial charge in [-0.05, 0) is 12.0 Å². The molecule has 3 nitrogen and oxygen atoms in total. The molecule has 0 fully saturated rings. The lowest BCUT2D eigenvalue weighted by molar-refractivity contribution is 0.560. The Balaban J connectivity index is 2.57. The molecule has 0 aliphatic heterocycles. The first-order valence-corrected chi connectivity index (χ1v) is 4.87. The minimum absolute atomic E-state index is 0.226. The van der Waals surface area contributed by atoms with E-state index in [1.807, 2.05) is 0 Å². The van der Waals surface area contributed by atoms with Gasteiger partial charge in [-0.1, -0.05) is 13.8 Å². The van der Waals surface area contributed by atoms with E-state index in [-0.39, 0.29) is 6.04 Å². The van der Waals surface area contributed by atoms with Crippen LogP contribution in [0, 0.1) is 5.92 Å². The molecule has 1 aromatic heterocycles. The Hall–Kier alpha value is -0.830. The smallest absolute Gasteiger partial charge is 0.222 e. The Kier molecular flexibility index (Phi) is 3.96. The van der Waals surface area contributed by atoms with Crippen molar-refractivity contribution in [1.29, 1.82) is 0 Å². The zero-order valence-electron chi connectivity index (χ0n) is 7.87. The summed E-state index contributed by atoms with van der Waals surface area (Å²) in [5.41, 5.74) is 0. The molecular weight excluding hydrogens is 186 g/mol. The van der Waals surface area contributed by atoms with E-state index in [0.717, 1.165) is 0 Å². The molecule has 1 N–H and O–H groups in total. The van der Waals surface area contributed by atoms with E-state index in [4.69, 9.17) is 11.6 Å². The fourth-order valence-corrected chi connectivity index (χ4v) is 1.36. The van der Waals surface area contributed by atoms with Crippen LogP contribution in [0.1, 0.15) is 13.8 Å². The number of hydrogen-bond donors (Lipinski definition) is 1. The molecule has 0 saturated heterocycles. The molecule has 1 heterocycles. The second-order valence-electron chi connectivity index (χ2n) is 3.22. The van der Waals surface area contributed by atoms with Crippen molar-refractivity contribution < 1.29 is 0 Å². The van der Waals surface area contributed by atoms with Crippen molar-refractivity contribution in [2.24, 2.45) is 5.92 Å². The topological polar surface area (TPSA) is 37.8 Å². The van der Waals surface area contributed by atoms with Crippen molar-refractivity contribution in [3.8, 4) is 0 Å². The molecule has 1 unspecified atom stereocenters. The van der Waals surface area contributed by atoms with Crippen LogP contribution in [0.25, 0.3) is 0 Å². The van der Waals surface area contributed by atoms with Crippen molar-refractivity contribution in [3.63, 3.8) is 0 Å². The van der Waals surface area contributed by atoms with Gasteiger partial charge in [-0.25, -0.2) is 9.97 Å². The van der Waals surface area contributed by atoms with Gasteiger partial charge in [0.2, 0.25) is 5.95 Å². The van der Waals surface area contributed by atoms with E-state index >= 15 is 0 Å². The molecule has 0 radical (unpaired) electrons. The van der Waals surface area contributed by atoms with Crippen LogP contribution >= 0.6 is 11.6 Å². The molecule has 0 saturated carbocycles. The summed E-state index contributed by atoms with van der Waals surface area (Å²) in [5.74, 6) is 1.68. The van der Waals surface area contributed by atoms with Crippen LogP contribution in [-0.2, 0) is 0 Å². The Morgan fingerprint density at radius 2 is 2.00 bits per heavy atom. The molecule has 0 aliphatic carbocycles. The molecule has 0 aliphatic rings. The Bertz CT molecular complexity index is 238. The molecule has 0 spiro atoms. The lowest BCUT2D eigenvalue weighted by Gasteiger charge is -2.19. The van der Waals surface area contributed by atoms with Gasteiger partial charge in [0.1, 0.15) is 0 Å². The summed E-state index contributed by atoms with van der Waals surface area (Å²) in [6.07, 6.45) is 3.42. The van der Waals surface area contributed by atoms with Gasteiger partial charge >= 0.3 is 0 Å². The first kappa shape index (κ1) is 10.3. The minimum atomic E-state index is 0.226. The lowest BCUT2D eigenvalue weighted by atomic mass is 10.1. The molecule has 0 aromatic carbocycles. The number of aromatic nitrogens is 2. The average molecular weight is 200 g/mol. The summed E-state index contributed by atoms with van der Waals surface area (Å²) >= 11 is 5.79. The first-order valence-electron chi connectivity index (χ1n) is 4.33. The minimum Gasteiger partial charge on any atom is -0.350 e. The van der Waals surface area contributed by atoms with Crippen LogP contribution < -0.4 is 5.32 Å². The third-order valence-electron chi connectivity index (χ3n) is 1.85. The van der Waals surface area contributed by atoms with Crippen LogP contribution in [0.5, 0.6) is 0 Å². The highest BCUT2D eigenvalue weighted by Crippen LogP contribution is 2.08. The molecule has 1 aromatic rings. The highest BCUT2D eigenvalue weighted by molar-refractivity contribution is 6.18. The van der Waals surface area contributed by atoms with Crippen molar-refractivity contribution in [2.75, 3.05) is 11.2 Å². The fraction of sp³-hybridized carbons (Fsp3) is 0.556. The number of nitrogens with zero attached hydrogens (tertiary/aromatic N) is 2. The van der Waals surface area contributed by atoms with Gasteiger partial charge in [-0.3, -0.25) is 0 Å². The number of alkyl halides is 1. The Morgan fingerprint density at radius 1 is 1.38 bits per heavy atom. The van der Waals surface area contributed by atoms with E-state index < -0.39 is 0 Å². The summed E-state index contributed by atoms with van der Waals surface area (Å²) in [6.45, 7) is 4.23. The van der Waals surface area contributed by atoms with Crippen LogP contribution in [-0.4, -0.2) is 21.9 Å². The Labute approximate surface area is 83.5 Å². The van der Waals surface area contributed by atoms with E-state index in [2.05, 4.69) is 29.1 Å². The maximum Gasteiger partial charge on any atom is 0.222 e. The molecule has 4 heteroatoms.